The first-order valence-corrected chi connectivity index (χ1v) is 8.52. The van der Waals surface area contributed by atoms with Crippen LogP contribution in [-0.2, 0) is 23.6 Å². The Labute approximate surface area is 121 Å². The first-order valence-electron chi connectivity index (χ1n) is 6.80. The fourth-order valence-corrected chi connectivity index (χ4v) is 3.32. The van der Waals surface area contributed by atoms with Crippen molar-refractivity contribution >= 4 is 22.6 Å². The summed E-state index contributed by atoms with van der Waals surface area (Å²) in [5.74, 6) is -0.105. The van der Waals surface area contributed by atoms with Gasteiger partial charge in [-0.1, -0.05) is 0 Å². The summed E-state index contributed by atoms with van der Waals surface area (Å²) in [6, 6.07) is 1.66. The molecule has 20 heavy (non-hydrogen) atoms. The molecule has 0 amide bonds. The summed E-state index contributed by atoms with van der Waals surface area (Å²) < 4.78 is 11.2. The largest absolute Gasteiger partial charge is 0.478 e. The van der Waals surface area contributed by atoms with Gasteiger partial charge >= 0.3 is 5.97 Å². The van der Waals surface area contributed by atoms with Gasteiger partial charge in [-0.3, -0.25) is 4.21 Å². The van der Waals surface area contributed by atoms with Crippen LogP contribution in [0.1, 0.15) is 41.4 Å². The molecule has 0 radical (unpaired) electrons. The molecular formula is C14H20N2O3S. The number of nitrogens with one attached hydrogen (secondary N) is 1. The highest BCUT2D eigenvalue weighted by atomic mass is 32.2. The summed E-state index contributed by atoms with van der Waals surface area (Å²) in [6.45, 7) is 1.88. The van der Waals surface area contributed by atoms with E-state index in [2.05, 4.69) is 10.3 Å². The summed E-state index contributed by atoms with van der Waals surface area (Å²) in [7, 11) is -0.926. The van der Waals surface area contributed by atoms with Crippen molar-refractivity contribution in [1.82, 2.24) is 4.98 Å². The minimum absolute atomic E-state index is 0.0759. The maximum absolute atomic E-state index is 11.4. The van der Waals surface area contributed by atoms with Gasteiger partial charge in [0.05, 0.1) is 0 Å². The third kappa shape index (κ3) is 3.56. The average molecular weight is 296 g/mol. The van der Waals surface area contributed by atoms with Crippen LogP contribution in [0.2, 0.25) is 0 Å². The molecule has 6 heteroatoms. The predicted molar refractivity (Wildman–Crippen MR) is 79.9 cm³/mol. The van der Waals surface area contributed by atoms with Gasteiger partial charge in [0.15, 0.2) is 0 Å². The fraction of sp³-hybridized carbons (Fsp3) is 0.571. The van der Waals surface area contributed by atoms with Crippen LogP contribution in [0.3, 0.4) is 0 Å². The topological polar surface area (TPSA) is 79.3 Å². The highest BCUT2D eigenvalue weighted by molar-refractivity contribution is 7.84. The lowest BCUT2D eigenvalue weighted by atomic mass is 9.94. The third-order valence-corrected chi connectivity index (χ3v) is 4.37. The van der Waals surface area contributed by atoms with E-state index in [1.807, 2.05) is 6.92 Å². The number of anilines is 1. The lowest BCUT2D eigenvalue weighted by molar-refractivity contribution is 0.0697. The van der Waals surface area contributed by atoms with Gasteiger partial charge in [0.25, 0.3) is 0 Å². The predicted octanol–water partition coefficient (Wildman–Crippen LogP) is 1.84. The van der Waals surface area contributed by atoms with Crippen LogP contribution < -0.4 is 5.32 Å². The molecule has 1 aromatic rings. The normalized spacial score (nSPS) is 17.1. The van der Waals surface area contributed by atoms with Crippen molar-refractivity contribution in [2.75, 3.05) is 17.3 Å². The molecule has 0 aromatic carbocycles. The lowest BCUT2D eigenvalue weighted by Crippen LogP contribution is -2.25. The molecule has 2 unspecified atom stereocenters. The van der Waals surface area contributed by atoms with E-state index >= 15 is 0 Å². The molecule has 5 nitrogen and oxygen atoms in total. The smallest absolute Gasteiger partial charge is 0.339 e. The molecule has 0 fully saturated rings. The number of hydrogen-bond acceptors (Lipinski definition) is 4. The number of aromatic carboxylic acids is 1. The Bertz CT molecular complexity index is 545. The highest BCUT2D eigenvalue weighted by Crippen LogP contribution is 2.25. The molecule has 0 spiro atoms. The van der Waals surface area contributed by atoms with Crippen molar-refractivity contribution in [3.8, 4) is 0 Å². The van der Waals surface area contributed by atoms with E-state index in [4.69, 9.17) is 0 Å². The molecule has 2 atom stereocenters. The summed E-state index contributed by atoms with van der Waals surface area (Å²) in [5.41, 5.74) is 2.25. The molecule has 1 heterocycles. The van der Waals surface area contributed by atoms with Gasteiger partial charge in [-0.05, 0) is 44.2 Å². The molecule has 0 aliphatic heterocycles. The maximum Gasteiger partial charge on any atom is 0.339 e. The van der Waals surface area contributed by atoms with Crippen molar-refractivity contribution in [2.24, 2.45) is 0 Å². The molecule has 1 aromatic heterocycles. The second kappa shape index (κ2) is 6.35. The van der Waals surface area contributed by atoms with E-state index in [9.17, 15) is 14.1 Å². The third-order valence-electron chi connectivity index (χ3n) is 3.40. The lowest BCUT2D eigenvalue weighted by Gasteiger charge is -2.20. The minimum Gasteiger partial charge on any atom is -0.478 e. The van der Waals surface area contributed by atoms with Gasteiger partial charge in [0.1, 0.15) is 11.4 Å². The van der Waals surface area contributed by atoms with E-state index in [1.54, 1.807) is 12.3 Å². The second-order valence-corrected chi connectivity index (χ2v) is 6.77. The minimum atomic E-state index is -0.974. The monoisotopic (exact) mass is 296 g/mol. The number of carbonyl (C=O) groups is 1. The maximum atomic E-state index is 11.4. The zero-order valence-electron chi connectivity index (χ0n) is 11.8. The Hall–Kier alpha value is -1.43. The van der Waals surface area contributed by atoms with E-state index in [0.29, 0.717) is 11.6 Å². The quantitative estimate of drug-likeness (QED) is 0.866. The van der Waals surface area contributed by atoms with Gasteiger partial charge < -0.3 is 10.4 Å². The number of fused-ring (bicyclic) bond motifs is 1. The van der Waals surface area contributed by atoms with E-state index < -0.39 is 16.8 Å². The summed E-state index contributed by atoms with van der Waals surface area (Å²) in [6.07, 6.45) is 5.62. The van der Waals surface area contributed by atoms with Gasteiger partial charge in [0, 0.05) is 34.5 Å². The molecular weight excluding hydrogens is 276 g/mol. The van der Waals surface area contributed by atoms with Crippen molar-refractivity contribution in [3.05, 3.63) is 22.9 Å². The molecule has 0 bridgehead atoms. The molecule has 0 saturated carbocycles. The van der Waals surface area contributed by atoms with Gasteiger partial charge in [0.2, 0.25) is 0 Å². The van der Waals surface area contributed by atoms with E-state index in [-0.39, 0.29) is 11.6 Å². The van der Waals surface area contributed by atoms with Crippen LogP contribution in [0.25, 0.3) is 0 Å². The van der Waals surface area contributed by atoms with Gasteiger partial charge in [-0.25, -0.2) is 9.78 Å². The molecule has 2 rings (SSSR count). The van der Waals surface area contributed by atoms with Gasteiger partial charge in [-0.15, -0.1) is 0 Å². The molecule has 110 valence electrons. The fourth-order valence-electron chi connectivity index (χ4n) is 2.53. The summed E-state index contributed by atoms with van der Waals surface area (Å²) >= 11 is 0. The van der Waals surface area contributed by atoms with Crippen molar-refractivity contribution in [3.63, 3.8) is 0 Å². The van der Waals surface area contributed by atoms with Crippen LogP contribution in [0.5, 0.6) is 0 Å². The zero-order valence-corrected chi connectivity index (χ0v) is 12.6. The number of aryl methyl sites for hydroxylation is 2. The van der Waals surface area contributed by atoms with Crippen molar-refractivity contribution < 1.29 is 14.1 Å². The Morgan fingerprint density at radius 2 is 2.20 bits per heavy atom. The zero-order chi connectivity index (χ0) is 14.7. The number of pyridine rings is 1. The Kier molecular flexibility index (Phi) is 4.75. The van der Waals surface area contributed by atoms with Crippen LogP contribution in [0, 0.1) is 0 Å². The number of nitrogens with zero attached hydrogens (tertiary/aromatic N) is 1. The summed E-state index contributed by atoms with van der Waals surface area (Å²) in [4.78, 5) is 15.9. The molecule has 0 saturated heterocycles. The number of carboxylic acid groups (broad SMARTS) is 1. The standard InChI is InChI=1S/C14H20N2O3S/c1-9(8-20(2)19)15-13-11(14(17)18)7-10-5-3-4-6-12(10)16-13/h7,9H,3-6,8H2,1-2H3,(H,15,16)(H,17,18). The van der Waals surface area contributed by atoms with Crippen molar-refractivity contribution in [2.45, 2.75) is 38.6 Å². The van der Waals surface area contributed by atoms with E-state index in [0.717, 1.165) is 36.9 Å². The Morgan fingerprint density at radius 1 is 1.50 bits per heavy atom. The SMILES string of the molecule is CC(CS(C)=O)Nc1nc2c(cc1C(=O)O)CCCC2. The highest BCUT2D eigenvalue weighted by Gasteiger charge is 2.20. The van der Waals surface area contributed by atoms with Crippen LogP contribution in [0.4, 0.5) is 5.82 Å². The number of rotatable bonds is 5. The van der Waals surface area contributed by atoms with Crippen molar-refractivity contribution in [1.29, 1.82) is 0 Å². The molecule has 1 aliphatic carbocycles. The second-order valence-electron chi connectivity index (χ2n) is 5.29. The summed E-state index contributed by atoms with van der Waals surface area (Å²) in [5, 5.41) is 12.4. The van der Waals surface area contributed by atoms with Crippen LogP contribution in [-0.4, -0.2) is 38.3 Å². The van der Waals surface area contributed by atoms with Crippen LogP contribution >= 0.6 is 0 Å². The van der Waals surface area contributed by atoms with Crippen LogP contribution in [0.15, 0.2) is 6.07 Å². The van der Waals surface area contributed by atoms with E-state index in [1.165, 1.54) is 0 Å². The van der Waals surface area contributed by atoms with Gasteiger partial charge in [-0.2, -0.15) is 0 Å². The number of aromatic nitrogens is 1. The molecule has 1 aliphatic rings. The number of carboxylic acids is 1. The Balaban J connectivity index is 2.30. The molecule has 2 N–H and O–H groups in total. The number of hydrogen-bond donors (Lipinski definition) is 2. The average Bonchev–Trinajstić information content (AvgIpc) is 2.36. The first kappa shape index (κ1) is 15.0. The Morgan fingerprint density at radius 3 is 2.85 bits per heavy atom. The first-order chi connectivity index (χ1) is 9.47.